The summed E-state index contributed by atoms with van der Waals surface area (Å²) in [5.74, 6) is 0. The van der Waals surface area contributed by atoms with Crippen LogP contribution in [0.25, 0.3) is 0 Å². The molecule has 2 radical (unpaired) electrons. The zero-order valence-electron chi connectivity index (χ0n) is 7.01. The van der Waals surface area contributed by atoms with Gasteiger partial charge in [0.25, 0.3) is 0 Å². The van der Waals surface area contributed by atoms with Crippen LogP contribution in [0.1, 0.15) is 30.9 Å². The van der Waals surface area contributed by atoms with Crippen LogP contribution in [0, 0.1) is 6.92 Å². The Morgan fingerprint density at radius 3 is 2.36 bits per heavy atom. The molecule has 0 aliphatic carbocycles. The molecule has 0 N–H and O–H groups in total. The van der Waals surface area contributed by atoms with Crippen LogP contribution < -0.4 is 0 Å². The molecule has 1 aromatic rings. The summed E-state index contributed by atoms with van der Waals surface area (Å²) in [6.45, 7) is 7.76. The highest BCUT2D eigenvalue weighted by atomic mass is 14.0. The summed E-state index contributed by atoms with van der Waals surface area (Å²) in [6, 6.07) is 8.13. The van der Waals surface area contributed by atoms with Crippen LogP contribution in [0.3, 0.4) is 0 Å². The lowest BCUT2D eigenvalue weighted by Gasteiger charge is -1.98. The molecule has 0 heterocycles. The van der Waals surface area contributed by atoms with E-state index in [1.54, 1.807) is 0 Å². The topological polar surface area (TPSA) is 0 Å². The first-order valence-corrected chi connectivity index (χ1v) is 4.17. The number of unbranched alkanes of at least 4 members (excludes halogenated alkanes) is 1. The normalized spacial score (nSPS) is 10.0. The van der Waals surface area contributed by atoms with Gasteiger partial charge >= 0.3 is 0 Å². The van der Waals surface area contributed by atoms with Gasteiger partial charge in [0.1, 0.15) is 0 Å². The summed E-state index contributed by atoms with van der Waals surface area (Å²) in [7, 11) is 0. The quantitative estimate of drug-likeness (QED) is 0.614. The third-order valence-corrected chi connectivity index (χ3v) is 1.80. The van der Waals surface area contributed by atoms with Crippen molar-refractivity contribution in [3.8, 4) is 0 Å². The molecule has 0 saturated carbocycles. The Balaban J connectivity index is 2.52. The Morgan fingerprint density at radius 1 is 1.18 bits per heavy atom. The van der Waals surface area contributed by atoms with E-state index in [-0.39, 0.29) is 0 Å². The summed E-state index contributed by atoms with van der Waals surface area (Å²) < 4.78 is 0. The summed E-state index contributed by atoms with van der Waals surface area (Å²) in [6.07, 6.45) is 3.70. The van der Waals surface area contributed by atoms with Crippen molar-refractivity contribution in [2.45, 2.75) is 26.2 Å². The van der Waals surface area contributed by atoms with Crippen molar-refractivity contribution in [1.29, 1.82) is 0 Å². The van der Waals surface area contributed by atoms with E-state index in [0.717, 1.165) is 5.56 Å². The van der Waals surface area contributed by atoms with Crippen LogP contribution in [0.15, 0.2) is 24.3 Å². The van der Waals surface area contributed by atoms with Crippen molar-refractivity contribution in [3.63, 3.8) is 0 Å². The molecule has 0 aliphatic rings. The van der Waals surface area contributed by atoms with Crippen LogP contribution >= 0.6 is 0 Å². The Kier molecular flexibility index (Phi) is 3.15. The molecule has 0 amide bonds. The second-order valence-electron chi connectivity index (χ2n) is 2.85. The van der Waals surface area contributed by atoms with E-state index in [1.165, 1.54) is 24.8 Å². The second kappa shape index (κ2) is 4.17. The van der Waals surface area contributed by atoms with E-state index in [0.29, 0.717) is 0 Å². The molecule has 0 atom stereocenters. The molecule has 0 aliphatic heterocycles. The highest BCUT2D eigenvalue weighted by molar-refractivity contribution is 5.24. The Labute approximate surface area is 69.3 Å². The average Bonchev–Trinajstić information content (AvgIpc) is 2.04. The van der Waals surface area contributed by atoms with E-state index in [9.17, 15) is 0 Å². The SMILES string of the molecule is [CH]c1ccc(CCCC)cc1. The maximum atomic E-state index is 5.56. The van der Waals surface area contributed by atoms with Crippen molar-refractivity contribution in [2.75, 3.05) is 0 Å². The van der Waals surface area contributed by atoms with Crippen molar-refractivity contribution in [1.82, 2.24) is 0 Å². The first kappa shape index (κ1) is 8.32. The molecule has 1 rings (SSSR count). The molecule has 0 unspecified atom stereocenters. The van der Waals surface area contributed by atoms with Crippen molar-refractivity contribution in [3.05, 3.63) is 42.3 Å². The number of aryl methyl sites for hydroxylation is 1. The Morgan fingerprint density at radius 2 is 1.82 bits per heavy atom. The number of rotatable bonds is 3. The van der Waals surface area contributed by atoms with Crippen LogP contribution in [-0.2, 0) is 6.42 Å². The molecule has 1 aromatic carbocycles. The van der Waals surface area contributed by atoms with E-state index in [1.807, 2.05) is 12.1 Å². The molecule has 0 heteroatoms. The van der Waals surface area contributed by atoms with Gasteiger partial charge in [-0.3, -0.25) is 0 Å². The highest BCUT2D eigenvalue weighted by Crippen LogP contribution is 2.06. The number of benzene rings is 1. The lowest BCUT2D eigenvalue weighted by atomic mass is 10.1. The maximum Gasteiger partial charge on any atom is -0.00120 e. The number of hydrogen-bond acceptors (Lipinski definition) is 0. The van der Waals surface area contributed by atoms with Crippen molar-refractivity contribution < 1.29 is 0 Å². The smallest absolute Gasteiger partial charge is 0.00120 e. The minimum Gasteiger partial charge on any atom is -0.0654 e. The highest BCUT2D eigenvalue weighted by Gasteiger charge is 1.90. The van der Waals surface area contributed by atoms with E-state index in [2.05, 4.69) is 19.1 Å². The van der Waals surface area contributed by atoms with Gasteiger partial charge < -0.3 is 0 Å². The molecule has 0 bridgehead atoms. The van der Waals surface area contributed by atoms with Crippen LogP contribution in [0.5, 0.6) is 0 Å². The third-order valence-electron chi connectivity index (χ3n) is 1.80. The minimum atomic E-state index is 0.852. The van der Waals surface area contributed by atoms with Crippen molar-refractivity contribution >= 4 is 0 Å². The van der Waals surface area contributed by atoms with Crippen LogP contribution in [0.2, 0.25) is 0 Å². The van der Waals surface area contributed by atoms with Crippen LogP contribution in [0.4, 0.5) is 0 Å². The molecule has 11 heavy (non-hydrogen) atoms. The summed E-state index contributed by atoms with van der Waals surface area (Å²) >= 11 is 0. The van der Waals surface area contributed by atoms with Gasteiger partial charge in [0, 0.05) is 0 Å². The first-order chi connectivity index (χ1) is 5.33. The maximum absolute atomic E-state index is 5.56. The van der Waals surface area contributed by atoms with E-state index in [4.69, 9.17) is 6.92 Å². The lowest BCUT2D eigenvalue weighted by molar-refractivity contribution is 0.795. The summed E-state index contributed by atoms with van der Waals surface area (Å²) in [5, 5.41) is 0. The molecule has 0 fully saturated rings. The standard InChI is InChI=1S/C11H14/c1-3-4-5-11-8-6-10(2)7-9-11/h2,6-9H,3-5H2,1H3. The van der Waals surface area contributed by atoms with Gasteiger partial charge in [0.05, 0.1) is 0 Å². The molecular weight excluding hydrogens is 132 g/mol. The Bertz CT molecular complexity index is 196. The van der Waals surface area contributed by atoms with Gasteiger partial charge in [0.2, 0.25) is 0 Å². The summed E-state index contributed by atoms with van der Waals surface area (Å²) in [5.41, 5.74) is 2.24. The first-order valence-electron chi connectivity index (χ1n) is 4.17. The predicted octanol–water partition coefficient (Wildman–Crippen LogP) is 3.09. The number of hydrogen-bond donors (Lipinski definition) is 0. The predicted molar refractivity (Wildman–Crippen MR) is 48.5 cm³/mol. The van der Waals surface area contributed by atoms with Crippen molar-refractivity contribution in [2.24, 2.45) is 0 Å². The molecule has 0 saturated heterocycles. The van der Waals surface area contributed by atoms with Gasteiger partial charge in [-0.05, 0) is 30.9 Å². The molecule has 0 spiro atoms. The monoisotopic (exact) mass is 146 g/mol. The fourth-order valence-corrected chi connectivity index (χ4v) is 1.07. The second-order valence-corrected chi connectivity index (χ2v) is 2.85. The zero-order valence-corrected chi connectivity index (χ0v) is 7.01. The fraction of sp³-hybridized carbons (Fsp3) is 0.364. The third kappa shape index (κ3) is 2.75. The Hall–Kier alpha value is -0.780. The molecule has 0 aromatic heterocycles. The molecule has 58 valence electrons. The van der Waals surface area contributed by atoms with Crippen LogP contribution in [-0.4, -0.2) is 0 Å². The zero-order chi connectivity index (χ0) is 8.10. The largest absolute Gasteiger partial charge is 0.0654 e. The van der Waals surface area contributed by atoms with E-state index < -0.39 is 0 Å². The average molecular weight is 146 g/mol. The lowest BCUT2D eigenvalue weighted by Crippen LogP contribution is -1.83. The summed E-state index contributed by atoms with van der Waals surface area (Å²) in [4.78, 5) is 0. The van der Waals surface area contributed by atoms with Gasteiger partial charge in [-0.25, -0.2) is 0 Å². The molecule has 0 nitrogen and oxygen atoms in total. The van der Waals surface area contributed by atoms with Gasteiger partial charge in [-0.2, -0.15) is 0 Å². The van der Waals surface area contributed by atoms with Gasteiger partial charge in [-0.1, -0.05) is 37.6 Å². The van der Waals surface area contributed by atoms with Gasteiger partial charge in [-0.15, -0.1) is 0 Å². The fourth-order valence-electron chi connectivity index (χ4n) is 1.07. The molecular formula is C11H14. The van der Waals surface area contributed by atoms with E-state index >= 15 is 0 Å². The minimum absolute atomic E-state index is 0.852. The van der Waals surface area contributed by atoms with Gasteiger partial charge in [0.15, 0.2) is 0 Å².